The molecule has 1 aliphatic rings. The average molecular weight is 354 g/mol. The third-order valence-electron chi connectivity index (χ3n) is 4.43. The summed E-state index contributed by atoms with van der Waals surface area (Å²) < 4.78 is 5.48. The monoisotopic (exact) mass is 354 g/mol. The Bertz CT molecular complexity index is 512. The average Bonchev–Trinajstić information content (AvgIpc) is 2.86. The lowest BCUT2D eigenvalue weighted by atomic mass is 9.87. The van der Waals surface area contributed by atoms with E-state index in [4.69, 9.17) is 4.74 Å². The molecule has 0 saturated carbocycles. The molecule has 0 aliphatic carbocycles. The first-order valence-corrected chi connectivity index (χ1v) is 8.66. The van der Waals surface area contributed by atoms with Crippen LogP contribution in [0.5, 0.6) is 0 Å². The Kier molecular flexibility index (Phi) is 7.45. The van der Waals surface area contributed by atoms with Gasteiger partial charge in [0.2, 0.25) is 5.91 Å². The zero-order valence-corrected chi connectivity index (χ0v) is 15.6. The Morgan fingerprint density at radius 3 is 2.52 bits per heavy atom. The largest absolute Gasteiger partial charge is 0.480 e. The van der Waals surface area contributed by atoms with Crippen molar-refractivity contribution in [2.24, 2.45) is 5.41 Å². The molecule has 0 spiro atoms. The highest BCUT2D eigenvalue weighted by atomic mass is 16.6. The van der Waals surface area contributed by atoms with Crippen LogP contribution in [0.4, 0.5) is 4.79 Å². The van der Waals surface area contributed by atoms with Gasteiger partial charge in [0.1, 0.15) is 12.1 Å². The fraction of sp³-hybridized carbons (Fsp3) is 0.722. The predicted molar refractivity (Wildman–Crippen MR) is 94.1 cm³/mol. The van der Waals surface area contributed by atoms with Gasteiger partial charge < -0.3 is 20.1 Å². The minimum Gasteiger partial charge on any atom is -0.480 e. The SMILES string of the molecule is C=CCCC[C@H]1[C@H](OC(=O)N[C@H](C(=O)O)C(C)(C)C)CCN1C(C)=O. The van der Waals surface area contributed by atoms with Gasteiger partial charge in [-0.05, 0) is 24.7 Å². The molecule has 0 radical (unpaired) electrons. The number of likely N-dealkylation sites (tertiary alicyclic amines) is 1. The lowest BCUT2D eigenvalue weighted by Gasteiger charge is -2.30. The summed E-state index contributed by atoms with van der Waals surface area (Å²) >= 11 is 0. The number of unbranched alkanes of at least 4 members (excludes halogenated alkanes) is 1. The van der Waals surface area contributed by atoms with Crippen LogP contribution in [-0.2, 0) is 14.3 Å². The molecule has 0 aromatic heterocycles. The summed E-state index contributed by atoms with van der Waals surface area (Å²) in [4.78, 5) is 37.1. The second-order valence-corrected chi connectivity index (χ2v) is 7.51. The molecule has 1 heterocycles. The van der Waals surface area contributed by atoms with E-state index in [1.807, 2.05) is 6.08 Å². The number of rotatable bonds is 7. The molecule has 7 heteroatoms. The molecule has 142 valence electrons. The Labute approximate surface area is 149 Å². The lowest BCUT2D eigenvalue weighted by molar-refractivity contribution is -0.142. The maximum absolute atomic E-state index is 12.2. The molecule has 1 aliphatic heterocycles. The summed E-state index contributed by atoms with van der Waals surface area (Å²) in [7, 11) is 0. The van der Waals surface area contributed by atoms with Gasteiger partial charge in [-0.15, -0.1) is 6.58 Å². The summed E-state index contributed by atoms with van der Waals surface area (Å²) in [6.45, 7) is 10.9. The zero-order chi connectivity index (χ0) is 19.2. The van der Waals surface area contributed by atoms with Crippen LogP contribution in [0.2, 0.25) is 0 Å². The first-order valence-electron chi connectivity index (χ1n) is 8.66. The molecule has 0 aromatic rings. The van der Waals surface area contributed by atoms with Crippen LogP contribution < -0.4 is 5.32 Å². The molecule has 2 amide bonds. The van der Waals surface area contributed by atoms with E-state index in [0.29, 0.717) is 19.4 Å². The Balaban J connectivity index is 2.74. The highest BCUT2D eigenvalue weighted by molar-refractivity contribution is 5.80. The van der Waals surface area contributed by atoms with Crippen LogP contribution in [0.1, 0.15) is 53.4 Å². The minimum absolute atomic E-state index is 0.0479. The molecule has 7 nitrogen and oxygen atoms in total. The van der Waals surface area contributed by atoms with Crippen LogP contribution in [0.25, 0.3) is 0 Å². The first kappa shape index (κ1) is 21.0. The molecule has 3 atom stereocenters. The van der Waals surface area contributed by atoms with E-state index >= 15 is 0 Å². The molecule has 0 bridgehead atoms. The number of aliphatic carboxylic acids is 1. The van der Waals surface area contributed by atoms with Gasteiger partial charge in [-0.2, -0.15) is 0 Å². The van der Waals surface area contributed by atoms with E-state index in [1.165, 1.54) is 6.92 Å². The number of allylic oxidation sites excluding steroid dienone is 1. The van der Waals surface area contributed by atoms with Gasteiger partial charge in [0.15, 0.2) is 0 Å². The second-order valence-electron chi connectivity index (χ2n) is 7.51. The van der Waals surface area contributed by atoms with E-state index in [1.54, 1.807) is 25.7 Å². The first-order chi connectivity index (χ1) is 11.6. The van der Waals surface area contributed by atoms with Gasteiger partial charge in [0.05, 0.1) is 6.04 Å². The van der Waals surface area contributed by atoms with Gasteiger partial charge in [0.25, 0.3) is 0 Å². The van der Waals surface area contributed by atoms with Crippen molar-refractivity contribution in [3.8, 4) is 0 Å². The Morgan fingerprint density at radius 2 is 2.04 bits per heavy atom. The van der Waals surface area contributed by atoms with E-state index in [2.05, 4.69) is 11.9 Å². The molecule has 25 heavy (non-hydrogen) atoms. The standard InChI is InChI=1S/C18H30N2O5/c1-6-7-8-9-13-14(10-11-20(13)12(2)21)25-17(24)19-15(16(22)23)18(3,4)5/h6,13-15H,1,7-11H2,2-5H3,(H,19,24)(H,22,23)/t13-,14+,15+/m0/s1. The second kappa shape index (κ2) is 8.87. The number of ether oxygens (including phenoxy) is 1. The number of amides is 2. The number of alkyl carbamates (subject to hydrolysis) is 1. The van der Waals surface area contributed by atoms with E-state index in [9.17, 15) is 19.5 Å². The van der Waals surface area contributed by atoms with Gasteiger partial charge in [-0.3, -0.25) is 4.79 Å². The zero-order valence-electron chi connectivity index (χ0n) is 15.6. The topological polar surface area (TPSA) is 95.9 Å². The highest BCUT2D eigenvalue weighted by Crippen LogP contribution is 2.26. The van der Waals surface area contributed by atoms with Crippen LogP contribution in [-0.4, -0.2) is 52.7 Å². The number of carbonyl (C=O) groups is 3. The third kappa shape index (κ3) is 6.07. The quantitative estimate of drug-likeness (QED) is 0.541. The number of nitrogens with one attached hydrogen (secondary N) is 1. The summed E-state index contributed by atoms with van der Waals surface area (Å²) in [5, 5.41) is 11.7. The van der Waals surface area contributed by atoms with Crippen molar-refractivity contribution < 1.29 is 24.2 Å². The van der Waals surface area contributed by atoms with Crippen LogP contribution in [0.15, 0.2) is 12.7 Å². The third-order valence-corrected chi connectivity index (χ3v) is 4.43. The van der Waals surface area contributed by atoms with Crippen molar-refractivity contribution in [1.29, 1.82) is 0 Å². The van der Waals surface area contributed by atoms with Gasteiger partial charge >= 0.3 is 12.1 Å². The Hall–Kier alpha value is -2.05. The highest BCUT2D eigenvalue weighted by Gasteiger charge is 2.39. The van der Waals surface area contributed by atoms with Crippen molar-refractivity contribution in [2.45, 2.75) is 71.6 Å². The minimum atomic E-state index is -1.11. The number of nitrogens with zero attached hydrogens (tertiary/aromatic N) is 1. The number of hydrogen-bond donors (Lipinski definition) is 2. The molecular formula is C18H30N2O5. The van der Waals surface area contributed by atoms with Gasteiger partial charge in [-0.1, -0.05) is 26.8 Å². The van der Waals surface area contributed by atoms with Crippen molar-refractivity contribution in [3.63, 3.8) is 0 Å². The molecule has 1 fully saturated rings. The number of carboxylic acid groups (broad SMARTS) is 1. The van der Waals surface area contributed by atoms with E-state index < -0.39 is 29.6 Å². The molecule has 1 saturated heterocycles. The number of carbonyl (C=O) groups excluding carboxylic acids is 2. The summed E-state index contributed by atoms with van der Waals surface area (Å²) in [6.07, 6.45) is 3.57. The summed E-state index contributed by atoms with van der Waals surface area (Å²) in [5.74, 6) is -1.16. The maximum atomic E-state index is 12.2. The predicted octanol–water partition coefficient (Wildman–Crippen LogP) is 2.56. The molecule has 0 unspecified atom stereocenters. The van der Waals surface area contributed by atoms with Crippen LogP contribution >= 0.6 is 0 Å². The van der Waals surface area contributed by atoms with Crippen molar-refractivity contribution >= 4 is 18.0 Å². The molecular weight excluding hydrogens is 324 g/mol. The van der Waals surface area contributed by atoms with Crippen LogP contribution in [0, 0.1) is 5.41 Å². The fourth-order valence-corrected chi connectivity index (χ4v) is 3.10. The van der Waals surface area contributed by atoms with Gasteiger partial charge in [-0.25, -0.2) is 9.59 Å². The van der Waals surface area contributed by atoms with E-state index in [-0.39, 0.29) is 11.9 Å². The Morgan fingerprint density at radius 1 is 1.40 bits per heavy atom. The molecule has 2 N–H and O–H groups in total. The summed E-state index contributed by atoms with van der Waals surface area (Å²) in [6, 6.07) is -1.23. The van der Waals surface area contributed by atoms with Crippen LogP contribution in [0.3, 0.4) is 0 Å². The number of hydrogen-bond acceptors (Lipinski definition) is 4. The molecule has 0 aromatic carbocycles. The van der Waals surface area contributed by atoms with Crippen molar-refractivity contribution in [2.75, 3.05) is 6.54 Å². The smallest absolute Gasteiger partial charge is 0.408 e. The normalized spacial score (nSPS) is 21.5. The lowest BCUT2D eigenvalue weighted by Crippen LogP contribution is -2.50. The molecule has 1 rings (SSSR count). The van der Waals surface area contributed by atoms with E-state index in [0.717, 1.165) is 12.8 Å². The van der Waals surface area contributed by atoms with Crippen molar-refractivity contribution in [3.05, 3.63) is 12.7 Å². The maximum Gasteiger partial charge on any atom is 0.408 e. The number of carboxylic acids is 1. The fourth-order valence-electron chi connectivity index (χ4n) is 3.10. The summed E-state index contributed by atoms with van der Waals surface area (Å²) in [5.41, 5.74) is -0.644. The van der Waals surface area contributed by atoms with Gasteiger partial charge in [0, 0.05) is 19.9 Å². The van der Waals surface area contributed by atoms with Crippen molar-refractivity contribution in [1.82, 2.24) is 10.2 Å².